The van der Waals surface area contributed by atoms with E-state index in [4.69, 9.17) is 9.57 Å². The predicted octanol–water partition coefficient (Wildman–Crippen LogP) is 3.64. The second-order valence-corrected chi connectivity index (χ2v) is 5.08. The first-order valence-electron chi connectivity index (χ1n) is 7.99. The first kappa shape index (κ1) is 17.5. The fourth-order valence-electron chi connectivity index (χ4n) is 2.07. The van der Waals surface area contributed by atoms with Gasteiger partial charge in [0.15, 0.2) is 6.61 Å². The van der Waals surface area contributed by atoms with Crippen LogP contribution in [-0.4, -0.2) is 25.3 Å². The topological polar surface area (TPSA) is 59.9 Å². The lowest BCUT2D eigenvalue weighted by Gasteiger charge is -2.10. The molecule has 0 fully saturated rings. The highest BCUT2D eigenvalue weighted by atomic mass is 16.6. The van der Waals surface area contributed by atoms with Crippen LogP contribution in [0.1, 0.15) is 25.0 Å². The zero-order chi connectivity index (χ0) is 17.2. The summed E-state index contributed by atoms with van der Waals surface area (Å²) >= 11 is 0. The third-order valence-electron chi connectivity index (χ3n) is 3.32. The van der Waals surface area contributed by atoms with E-state index in [1.165, 1.54) is 5.56 Å². The lowest BCUT2D eigenvalue weighted by Crippen LogP contribution is -2.17. The largest absolute Gasteiger partial charge is 0.492 e. The number of para-hydroxylation sites is 2. The van der Waals surface area contributed by atoms with E-state index in [0.29, 0.717) is 18.0 Å². The summed E-state index contributed by atoms with van der Waals surface area (Å²) in [6.07, 6.45) is 2.58. The van der Waals surface area contributed by atoms with Crippen molar-refractivity contribution >= 4 is 17.8 Å². The van der Waals surface area contributed by atoms with Crippen molar-refractivity contribution in [3.8, 4) is 5.75 Å². The average molecular weight is 326 g/mol. The summed E-state index contributed by atoms with van der Waals surface area (Å²) in [6.45, 7) is 4.37. The number of ether oxygens (including phenoxy) is 1. The number of nitrogens with one attached hydrogen (secondary N) is 1. The van der Waals surface area contributed by atoms with Crippen LogP contribution < -0.4 is 10.1 Å². The van der Waals surface area contributed by atoms with Gasteiger partial charge in [-0.05, 0) is 36.6 Å². The maximum atomic E-state index is 11.9. The Morgan fingerprint density at radius 2 is 1.88 bits per heavy atom. The number of nitrogens with zero attached hydrogens (tertiary/aromatic N) is 1. The molecule has 0 saturated carbocycles. The molecule has 0 aromatic heterocycles. The summed E-state index contributed by atoms with van der Waals surface area (Å²) in [5.74, 6) is 0.341. The van der Waals surface area contributed by atoms with Gasteiger partial charge in [-0.15, -0.1) is 0 Å². The summed E-state index contributed by atoms with van der Waals surface area (Å²) in [5.41, 5.74) is 2.81. The first-order valence-corrected chi connectivity index (χ1v) is 7.99. The molecule has 5 nitrogen and oxygen atoms in total. The summed E-state index contributed by atoms with van der Waals surface area (Å²) in [5, 5.41) is 6.57. The second-order valence-electron chi connectivity index (χ2n) is 5.08. The number of anilines is 1. The van der Waals surface area contributed by atoms with Gasteiger partial charge >= 0.3 is 0 Å². The highest BCUT2D eigenvalue weighted by Gasteiger charge is 2.07. The molecule has 0 bridgehead atoms. The van der Waals surface area contributed by atoms with Crippen molar-refractivity contribution in [1.82, 2.24) is 0 Å². The molecule has 126 valence electrons. The van der Waals surface area contributed by atoms with E-state index in [9.17, 15) is 4.79 Å². The van der Waals surface area contributed by atoms with E-state index in [0.717, 1.165) is 12.0 Å². The fourth-order valence-corrected chi connectivity index (χ4v) is 2.07. The zero-order valence-corrected chi connectivity index (χ0v) is 14.0. The van der Waals surface area contributed by atoms with E-state index < -0.39 is 0 Å². The number of amides is 1. The van der Waals surface area contributed by atoms with Gasteiger partial charge in [-0.3, -0.25) is 4.79 Å². The summed E-state index contributed by atoms with van der Waals surface area (Å²) in [4.78, 5) is 16.9. The molecule has 1 amide bonds. The molecule has 0 unspecified atom stereocenters. The van der Waals surface area contributed by atoms with Gasteiger partial charge in [0, 0.05) is 0 Å². The summed E-state index contributed by atoms with van der Waals surface area (Å²) < 4.78 is 5.46. The van der Waals surface area contributed by atoms with Crippen LogP contribution in [-0.2, 0) is 16.1 Å². The fraction of sp³-hybridized carbons (Fsp3) is 0.263. The molecule has 5 heteroatoms. The predicted molar refractivity (Wildman–Crippen MR) is 95.6 cm³/mol. The van der Waals surface area contributed by atoms with Crippen molar-refractivity contribution in [2.45, 2.75) is 20.3 Å². The molecule has 2 rings (SSSR count). The van der Waals surface area contributed by atoms with Crippen LogP contribution in [0.5, 0.6) is 5.75 Å². The van der Waals surface area contributed by atoms with Crippen molar-refractivity contribution in [1.29, 1.82) is 0 Å². The molecule has 0 aliphatic rings. The highest BCUT2D eigenvalue weighted by Crippen LogP contribution is 2.23. The van der Waals surface area contributed by atoms with Crippen molar-refractivity contribution in [2.24, 2.45) is 5.16 Å². The van der Waals surface area contributed by atoms with Crippen LogP contribution in [0.3, 0.4) is 0 Å². The van der Waals surface area contributed by atoms with Crippen LogP contribution in [0, 0.1) is 0 Å². The standard InChI is InChI=1S/C19H22N2O3/c1-3-15-9-11-16(12-10-15)13-20-24-14-19(22)21-17-7-5-6-8-18(17)23-4-2/h5-13H,3-4,14H2,1-2H3,(H,21,22)/b20-13-. The van der Waals surface area contributed by atoms with Crippen molar-refractivity contribution < 1.29 is 14.4 Å². The van der Waals surface area contributed by atoms with Gasteiger partial charge in [0.2, 0.25) is 0 Å². The van der Waals surface area contributed by atoms with Crippen molar-refractivity contribution in [2.75, 3.05) is 18.5 Å². The van der Waals surface area contributed by atoms with Gasteiger partial charge in [-0.25, -0.2) is 0 Å². The molecule has 0 spiro atoms. The van der Waals surface area contributed by atoms with Gasteiger partial charge in [-0.1, -0.05) is 48.5 Å². The van der Waals surface area contributed by atoms with Gasteiger partial charge in [0.05, 0.1) is 18.5 Å². The molecule has 2 aromatic carbocycles. The number of rotatable bonds is 8. The molecule has 0 aliphatic heterocycles. The number of benzene rings is 2. The molecule has 0 aliphatic carbocycles. The Labute approximate surface area is 142 Å². The third-order valence-corrected chi connectivity index (χ3v) is 3.32. The second kappa shape index (κ2) is 9.35. The highest BCUT2D eigenvalue weighted by molar-refractivity contribution is 5.93. The van der Waals surface area contributed by atoms with Gasteiger partial charge in [-0.2, -0.15) is 0 Å². The molecule has 0 atom stereocenters. The Kier molecular flexibility index (Phi) is 6.83. The maximum absolute atomic E-state index is 11.9. The number of oxime groups is 1. The van der Waals surface area contributed by atoms with E-state index in [-0.39, 0.29) is 12.5 Å². The van der Waals surface area contributed by atoms with Gasteiger partial charge < -0.3 is 14.9 Å². The first-order chi connectivity index (χ1) is 11.7. The minimum absolute atomic E-state index is 0.163. The molecule has 0 heterocycles. The molecule has 1 N–H and O–H groups in total. The minimum Gasteiger partial charge on any atom is -0.492 e. The number of hydrogen-bond acceptors (Lipinski definition) is 4. The van der Waals surface area contributed by atoms with Crippen LogP contribution >= 0.6 is 0 Å². The van der Waals surface area contributed by atoms with Crippen LogP contribution in [0.25, 0.3) is 0 Å². The molecular formula is C19H22N2O3. The van der Waals surface area contributed by atoms with Crippen molar-refractivity contribution in [3.63, 3.8) is 0 Å². The summed E-state index contributed by atoms with van der Waals surface area (Å²) in [7, 11) is 0. The monoisotopic (exact) mass is 326 g/mol. The molecular weight excluding hydrogens is 304 g/mol. The number of carbonyl (C=O) groups excluding carboxylic acids is 1. The van der Waals surface area contributed by atoms with Crippen LogP contribution in [0.2, 0.25) is 0 Å². The number of hydrogen-bond donors (Lipinski definition) is 1. The zero-order valence-electron chi connectivity index (χ0n) is 14.0. The Balaban J connectivity index is 1.81. The maximum Gasteiger partial charge on any atom is 0.265 e. The normalized spacial score (nSPS) is 10.6. The number of carbonyl (C=O) groups is 1. The Bertz CT molecular complexity index is 681. The smallest absolute Gasteiger partial charge is 0.265 e. The van der Waals surface area contributed by atoms with Gasteiger partial charge in [0.25, 0.3) is 5.91 Å². The third kappa shape index (κ3) is 5.43. The Morgan fingerprint density at radius 3 is 2.58 bits per heavy atom. The number of aryl methyl sites for hydroxylation is 1. The lowest BCUT2D eigenvalue weighted by molar-refractivity contribution is -0.120. The van der Waals surface area contributed by atoms with Gasteiger partial charge in [0.1, 0.15) is 5.75 Å². The van der Waals surface area contributed by atoms with E-state index in [1.807, 2.05) is 43.3 Å². The average Bonchev–Trinajstić information content (AvgIpc) is 2.61. The molecule has 0 saturated heterocycles. The van der Waals surface area contributed by atoms with Crippen molar-refractivity contribution in [3.05, 3.63) is 59.7 Å². The molecule has 0 radical (unpaired) electrons. The quantitative estimate of drug-likeness (QED) is 0.595. The van der Waals surface area contributed by atoms with E-state index >= 15 is 0 Å². The summed E-state index contributed by atoms with van der Waals surface area (Å²) in [6, 6.07) is 15.3. The van der Waals surface area contributed by atoms with Crippen LogP contribution in [0.4, 0.5) is 5.69 Å². The Morgan fingerprint density at radius 1 is 1.12 bits per heavy atom. The molecule has 2 aromatic rings. The SMILES string of the molecule is CCOc1ccccc1NC(=O)CO/N=C\c1ccc(CC)cc1. The molecule has 24 heavy (non-hydrogen) atoms. The Hall–Kier alpha value is -2.82. The lowest BCUT2D eigenvalue weighted by atomic mass is 10.1. The van der Waals surface area contributed by atoms with Crippen LogP contribution in [0.15, 0.2) is 53.7 Å². The van der Waals surface area contributed by atoms with E-state index in [1.54, 1.807) is 18.3 Å². The minimum atomic E-state index is -0.291. The van der Waals surface area contributed by atoms with E-state index in [2.05, 4.69) is 17.4 Å².